The van der Waals surface area contributed by atoms with Gasteiger partial charge in [-0.3, -0.25) is 4.79 Å². The van der Waals surface area contributed by atoms with Crippen LogP contribution in [0.15, 0.2) is 10.5 Å². The summed E-state index contributed by atoms with van der Waals surface area (Å²) in [5.74, 6) is 0.546. The molecule has 0 fully saturated rings. The van der Waals surface area contributed by atoms with Gasteiger partial charge >= 0.3 is 0 Å². The van der Waals surface area contributed by atoms with Gasteiger partial charge in [0.2, 0.25) is 0 Å². The normalized spacial score (nSPS) is 10.9. The number of carbonyl (C=O) groups is 1. The number of nitrogens with zero attached hydrogens (tertiary/aromatic N) is 1. The van der Waals surface area contributed by atoms with Gasteiger partial charge in [-0.2, -0.15) is 0 Å². The highest BCUT2D eigenvalue weighted by Gasteiger charge is 2.22. The van der Waals surface area contributed by atoms with E-state index in [1.54, 1.807) is 19.9 Å². The molecular weight excluding hydrogens is 230 g/mol. The number of alkyl halides is 2. The monoisotopic (exact) mass is 246 g/mol. The van der Waals surface area contributed by atoms with E-state index < -0.39 is 18.9 Å². The molecule has 0 saturated heterocycles. The molecule has 2 N–H and O–H groups in total. The molecule has 0 atom stereocenters. The first kappa shape index (κ1) is 13.6. The minimum Gasteiger partial charge on any atom is -0.466 e. The zero-order valence-electron chi connectivity index (χ0n) is 9.87. The molecule has 0 bridgehead atoms. The lowest BCUT2D eigenvalue weighted by Crippen LogP contribution is -2.38. The van der Waals surface area contributed by atoms with Gasteiger partial charge in [-0.1, -0.05) is 0 Å². The van der Waals surface area contributed by atoms with E-state index >= 15 is 0 Å². The molecule has 4 nitrogen and oxygen atoms in total. The molecule has 1 aromatic heterocycles. The van der Waals surface area contributed by atoms with Crippen LogP contribution in [0.1, 0.15) is 21.9 Å². The maximum absolute atomic E-state index is 12.3. The predicted octanol–water partition coefficient (Wildman–Crippen LogP) is 1.56. The van der Waals surface area contributed by atoms with E-state index in [0.717, 1.165) is 4.90 Å². The van der Waals surface area contributed by atoms with Gasteiger partial charge in [0.15, 0.2) is 0 Å². The molecule has 0 aliphatic heterocycles. The fourth-order valence-electron chi connectivity index (χ4n) is 1.61. The van der Waals surface area contributed by atoms with Crippen molar-refractivity contribution in [2.75, 3.05) is 19.6 Å². The van der Waals surface area contributed by atoms with E-state index in [1.165, 1.54) is 0 Å². The van der Waals surface area contributed by atoms with E-state index in [-0.39, 0.29) is 13.1 Å². The molecule has 0 spiro atoms. The zero-order valence-corrected chi connectivity index (χ0v) is 9.87. The van der Waals surface area contributed by atoms with Crippen molar-refractivity contribution in [1.29, 1.82) is 0 Å². The summed E-state index contributed by atoms with van der Waals surface area (Å²) in [5, 5.41) is 0. The SMILES string of the molecule is Cc1cc(C(=O)N(CCN)CC(F)F)c(C)o1. The highest BCUT2D eigenvalue weighted by Crippen LogP contribution is 2.16. The lowest BCUT2D eigenvalue weighted by molar-refractivity contribution is 0.0561. The average molecular weight is 246 g/mol. The van der Waals surface area contributed by atoms with Gasteiger partial charge in [0.05, 0.1) is 12.1 Å². The maximum atomic E-state index is 12.3. The Morgan fingerprint density at radius 2 is 2.18 bits per heavy atom. The van der Waals surface area contributed by atoms with Crippen molar-refractivity contribution < 1.29 is 18.0 Å². The van der Waals surface area contributed by atoms with Crippen LogP contribution in [0, 0.1) is 13.8 Å². The fraction of sp³-hybridized carbons (Fsp3) is 0.545. The van der Waals surface area contributed by atoms with Crippen LogP contribution >= 0.6 is 0 Å². The van der Waals surface area contributed by atoms with E-state index in [4.69, 9.17) is 10.2 Å². The number of carbonyl (C=O) groups excluding carboxylic acids is 1. The van der Waals surface area contributed by atoms with Gasteiger partial charge in [-0.25, -0.2) is 8.78 Å². The summed E-state index contributed by atoms with van der Waals surface area (Å²) < 4.78 is 29.9. The number of hydrogen-bond donors (Lipinski definition) is 1. The zero-order chi connectivity index (χ0) is 13.0. The van der Waals surface area contributed by atoms with Crippen LogP contribution in [0.25, 0.3) is 0 Å². The first-order valence-electron chi connectivity index (χ1n) is 5.30. The second-order valence-electron chi connectivity index (χ2n) is 3.76. The van der Waals surface area contributed by atoms with E-state index in [1.807, 2.05) is 0 Å². The highest BCUT2D eigenvalue weighted by atomic mass is 19.3. The summed E-state index contributed by atoms with van der Waals surface area (Å²) in [7, 11) is 0. The highest BCUT2D eigenvalue weighted by molar-refractivity contribution is 5.95. The molecule has 6 heteroatoms. The van der Waals surface area contributed by atoms with Crippen LogP contribution in [-0.2, 0) is 0 Å². The Bertz CT molecular complexity index is 391. The number of amides is 1. The van der Waals surface area contributed by atoms with Gasteiger partial charge in [0, 0.05) is 13.1 Å². The van der Waals surface area contributed by atoms with Crippen molar-refractivity contribution in [2.45, 2.75) is 20.3 Å². The van der Waals surface area contributed by atoms with Crippen molar-refractivity contribution in [1.82, 2.24) is 4.90 Å². The van der Waals surface area contributed by atoms with Crippen molar-refractivity contribution in [3.8, 4) is 0 Å². The van der Waals surface area contributed by atoms with E-state index in [0.29, 0.717) is 17.1 Å². The molecular formula is C11H16F2N2O2. The summed E-state index contributed by atoms with van der Waals surface area (Å²) in [6.45, 7) is 2.97. The Kier molecular flexibility index (Phi) is 4.62. The quantitative estimate of drug-likeness (QED) is 0.857. The molecule has 0 unspecified atom stereocenters. The molecule has 96 valence electrons. The number of aryl methyl sites for hydroxylation is 2. The van der Waals surface area contributed by atoms with Crippen LogP contribution < -0.4 is 5.73 Å². The van der Waals surface area contributed by atoms with Crippen LogP contribution in [0.3, 0.4) is 0 Å². The molecule has 1 heterocycles. The molecule has 1 aromatic rings. The van der Waals surface area contributed by atoms with Crippen molar-refractivity contribution >= 4 is 5.91 Å². The van der Waals surface area contributed by atoms with Crippen LogP contribution in [0.2, 0.25) is 0 Å². The van der Waals surface area contributed by atoms with Crippen LogP contribution in [-0.4, -0.2) is 36.9 Å². The Morgan fingerprint density at radius 3 is 2.59 bits per heavy atom. The van der Waals surface area contributed by atoms with Gasteiger partial charge < -0.3 is 15.1 Å². The maximum Gasteiger partial charge on any atom is 0.257 e. The molecule has 0 radical (unpaired) electrons. The minimum absolute atomic E-state index is 0.104. The number of hydrogen-bond acceptors (Lipinski definition) is 3. The smallest absolute Gasteiger partial charge is 0.257 e. The topological polar surface area (TPSA) is 59.5 Å². The lowest BCUT2D eigenvalue weighted by Gasteiger charge is -2.21. The Morgan fingerprint density at radius 1 is 1.53 bits per heavy atom. The Hall–Kier alpha value is -1.43. The van der Waals surface area contributed by atoms with Crippen LogP contribution in [0.4, 0.5) is 8.78 Å². The summed E-state index contributed by atoms with van der Waals surface area (Å²) in [5.41, 5.74) is 5.62. The average Bonchev–Trinajstić information content (AvgIpc) is 2.55. The third-order valence-electron chi connectivity index (χ3n) is 2.32. The summed E-state index contributed by atoms with van der Waals surface area (Å²) in [6, 6.07) is 1.55. The van der Waals surface area contributed by atoms with E-state index in [2.05, 4.69) is 0 Å². The largest absolute Gasteiger partial charge is 0.466 e. The lowest BCUT2D eigenvalue weighted by atomic mass is 10.2. The molecule has 0 aliphatic carbocycles. The van der Waals surface area contributed by atoms with Gasteiger partial charge in [-0.15, -0.1) is 0 Å². The number of rotatable bonds is 5. The van der Waals surface area contributed by atoms with Crippen LogP contribution in [0.5, 0.6) is 0 Å². The fourth-order valence-corrected chi connectivity index (χ4v) is 1.61. The third kappa shape index (κ3) is 3.52. The molecule has 1 rings (SSSR count). The molecule has 17 heavy (non-hydrogen) atoms. The number of halogens is 2. The second-order valence-corrected chi connectivity index (χ2v) is 3.76. The van der Waals surface area contributed by atoms with Crippen molar-refractivity contribution in [2.24, 2.45) is 5.73 Å². The first-order chi connectivity index (χ1) is 7.95. The predicted molar refractivity (Wildman–Crippen MR) is 59.1 cm³/mol. The first-order valence-corrected chi connectivity index (χ1v) is 5.30. The summed E-state index contributed by atoms with van der Waals surface area (Å²) >= 11 is 0. The number of nitrogens with two attached hydrogens (primary N) is 1. The number of furan rings is 1. The van der Waals surface area contributed by atoms with Gasteiger partial charge in [0.1, 0.15) is 11.5 Å². The Balaban J connectivity index is 2.87. The van der Waals surface area contributed by atoms with Crippen molar-refractivity contribution in [3.05, 3.63) is 23.2 Å². The van der Waals surface area contributed by atoms with Gasteiger partial charge in [-0.05, 0) is 19.9 Å². The van der Waals surface area contributed by atoms with E-state index in [9.17, 15) is 13.6 Å². The second kappa shape index (κ2) is 5.77. The molecule has 0 aromatic carbocycles. The molecule has 1 amide bonds. The van der Waals surface area contributed by atoms with Gasteiger partial charge in [0.25, 0.3) is 12.3 Å². The van der Waals surface area contributed by atoms with Crippen molar-refractivity contribution in [3.63, 3.8) is 0 Å². The summed E-state index contributed by atoms with van der Waals surface area (Å²) in [6.07, 6.45) is -2.57. The Labute approximate surface area is 98.4 Å². The molecule has 0 aliphatic rings. The standard InChI is InChI=1S/C11H16F2N2O2/c1-7-5-9(8(2)17-7)11(16)15(4-3-14)6-10(12)13/h5,10H,3-4,6,14H2,1-2H3. The third-order valence-corrected chi connectivity index (χ3v) is 2.32. The minimum atomic E-state index is -2.57. The molecule has 0 saturated carbocycles. The summed E-state index contributed by atoms with van der Waals surface area (Å²) in [4.78, 5) is 13.0.